The summed E-state index contributed by atoms with van der Waals surface area (Å²) in [5, 5.41) is -0.546. The molecule has 0 aliphatic carbocycles. The topological polar surface area (TPSA) is 168 Å². The van der Waals surface area contributed by atoms with Crippen LogP contribution in [0.2, 0.25) is 0 Å². The van der Waals surface area contributed by atoms with Gasteiger partial charge in [0, 0.05) is 18.1 Å². The SMILES string of the molecule is COc1ccc(C(=O)COC(=O)c2ccc(N3C(=O)CC(Sc4nc(N)cc(N)n4)C3=O)cc2)cc1. The first-order valence-electron chi connectivity index (χ1n) is 10.6. The van der Waals surface area contributed by atoms with Crippen molar-refractivity contribution in [3.63, 3.8) is 0 Å². The summed E-state index contributed by atoms with van der Waals surface area (Å²) < 4.78 is 10.2. The zero-order chi connectivity index (χ0) is 25.8. The number of esters is 1. The number of ether oxygens (including phenoxy) is 2. The molecule has 2 amide bonds. The van der Waals surface area contributed by atoms with E-state index in [1.807, 2.05) is 0 Å². The third-order valence-corrected chi connectivity index (χ3v) is 6.25. The number of ketones is 1. The molecule has 0 spiro atoms. The van der Waals surface area contributed by atoms with Gasteiger partial charge in [0.25, 0.3) is 0 Å². The van der Waals surface area contributed by atoms with Gasteiger partial charge >= 0.3 is 5.97 Å². The summed E-state index contributed by atoms with van der Waals surface area (Å²) in [6, 6.07) is 13.6. The molecule has 1 fully saturated rings. The van der Waals surface area contributed by atoms with E-state index >= 15 is 0 Å². The van der Waals surface area contributed by atoms with E-state index in [4.69, 9.17) is 20.9 Å². The molecule has 36 heavy (non-hydrogen) atoms. The second-order valence-corrected chi connectivity index (χ2v) is 8.82. The number of carbonyl (C=O) groups excluding carboxylic acids is 4. The van der Waals surface area contributed by atoms with Crippen molar-refractivity contribution in [2.45, 2.75) is 16.8 Å². The molecule has 11 nitrogen and oxygen atoms in total. The van der Waals surface area contributed by atoms with Crippen molar-refractivity contribution >= 4 is 52.7 Å². The Morgan fingerprint density at radius 1 is 1.00 bits per heavy atom. The van der Waals surface area contributed by atoms with Crippen molar-refractivity contribution in [1.82, 2.24) is 9.97 Å². The Morgan fingerprint density at radius 2 is 1.61 bits per heavy atom. The Morgan fingerprint density at radius 3 is 2.22 bits per heavy atom. The van der Waals surface area contributed by atoms with Gasteiger partial charge in [0.05, 0.1) is 18.4 Å². The highest BCUT2D eigenvalue weighted by Gasteiger charge is 2.40. The van der Waals surface area contributed by atoms with E-state index in [-0.39, 0.29) is 34.6 Å². The van der Waals surface area contributed by atoms with Crippen LogP contribution in [0.1, 0.15) is 27.1 Å². The molecule has 2 aromatic carbocycles. The van der Waals surface area contributed by atoms with Gasteiger partial charge in [-0.3, -0.25) is 14.4 Å². The van der Waals surface area contributed by atoms with Gasteiger partial charge in [0.15, 0.2) is 17.5 Å². The number of rotatable bonds is 8. The van der Waals surface area contributed by atoms with Crippen LogP contribution in [0.4, 0.5) is 17.3 Å². The first-order chi connectivity index (χ1) is 17.2. The van der Waals surface area contributed by atoms with E-state index in [2.05, 4.69) is 9.97 Å². The minimum Gasteiger partial charge on any atom is -0.497 e. The van der Waals surface area contributed by atoms with Gasteiger partial charge in [-0.15, -0.1) is 0 Å². The highest BCUT2D eigenvalue weighted by molar-refractivity contribution is 8.00. The third kappa shape index (κ3) is 5.44. The standard InChI is InChI=1S/C24H21N5O6S/c1-34-16-8-4-13(5-9-16)17(30)12-35-23(33)14-2-6-15(7-3-14)29-21(31)10-18(22(29)32)36-24-27-19(25)11-20(26)28-24/h2-9,11,18H,10,12H2,1H3,(H4,25,26,27,28). The minimum absolute atomic E-state index is 0.0567. The summed E-state index contributed by atoms with van der Waals surface area (Å²) in [6.07, 6.45) is -0.0567. The van der Waals surface area contributed by atoms with Crippen LogP contribution in [-0.4, -0.2) is 52.5 Å². The first-order valence-corrected chi connectivity index (χ1v) is 11.5. The van der Waals surface area contributed by atoms with Crippen LogP contribution in [0, 0.1) is 0 Å². The lowest BCUT2D eigenvalue weighted by Gasteiger charge is -2.15. The van der Waals surface area contributed by atoms with Crippen molar-refractivity contribution in [1.29, 1.82) is 0 Å². The summed E-state index contributed by atoms with van der Waals surface area (Å²) >= 11 is 1.000. The monoisotopic (exact) mass is 507 g/mol. The van der Waals surface area contributed by atoms with Gasteiger partial charge in [0.1, 0.15) is 22.6 Å². The molecule has 12 heteroatoms. The highest BCUT2D eigenvalue weighted by Crippen LogP contribution is 2.33. The molecule has 1 aliphatic rings. The largest absolute Gasteiger partial charge is 0.497 e. The maximum Gasteiger partial charge on any atom is 0.338 e. The van der Waals surface area contributed by atoms with E-state index in [1.165, 1.54) is 37.4 Å². The lowest BCUT2D eigenvalue weighted by atomic mass is 10.1. The number of carbonyl (C=O) groups is 4. The predicted octanol–water partition coefficient (Wildman–Crippen LogP) is 2.11. The minimum atomic E-state index is -0.743. The number of amides is 2. The number of nitrogen functional groups attached to an aromatic ring is 2. The summed E-state index contributed by atoms with van der Waals surface area (Å²) in [7, 11) is 1.52. The zero-order valence-corrected chi connectivity index (χ0v) is 19.9. The van der Waals surface area contributed by atoms with E-state index < -0.39 is 29.6 Å². The summed E-state index contributed by atoms with van der Waals surface area (Å²) in [6.45, 7) is -0.439. The van der Waals surface area contributed by atoms with Gasteiger partial charge < -0.3 is 20.9 Å². The Labute approximate surface area is 209 Å². The van der Waals surface area contributed by atoms with Crippen molar-refractivity contribution in [2.75, 3.05) is 30.1 Å². The molecule has 0 bridgehead atoms. The van der Waals surface area contributed by atoms with Gasteiger partial charge in [-0.2, -0.15) is 0 Å². The molecule has 0 saturated carbocycles. The lowest BCUT2D eigenvalue weighted by molar-refractivity contribution is -0.121. The van der Waals surface area contributed by atoms with Crippen LogP contribution in [0.15, 0.2) is 59.8 Å². The number of hydrogen-bond acceptors (Lipinski definition) is 11. The molecule has 1 aliphatic heterocycles. The fraction of sp³-hybridized carbons (Fsp3) is 0.167. The van der Waals surface area contributed by atoms with Crippen LogP contribution in [-0.2, 0) is 14.3 Å². The second kappa shape index (κ2) is 10.4. The van der Waals surface area contributed by atoms with E-state index in [0.29, 0.717) is 17.0 Å². The van der Waals surface area contributed by atoms with Crippen molar-refractivity contribution in [3.8, 4) is 5.75 Å². The molecule has 2 heterocycles. The third-order valence-electron chi connectivity index (χ3n) is 5.21. The number of anilines is 3. The Hall–Kier alpha value is -4.45. The summed E-state index contributed by atoms with van der Waals surface area (Å²) in [5.41, 5.74) is 12.2. The number of methoxy groups -OCH3 is 1. The van der Waals surface area contributed by atoms with Gasteiger partial charge in [-0.05, 0) is 48.5 Å². The number of hydrogen-bond donors (Lipinski definition) is 2. The molecule has 4 rings (SSSR count). The number of Topliss-reactive ketones (excluding diaryl/α,β-unsaturated/α-hetero) is 1. The average Bonchev–Trinajstić information content (AvgIpc) is 3.14. The fourth-order valence-electron chi connectivity index (χ4n) is 3.43. The summed E-state index contributed by atoms with van der Waals surface area (Å²) in [5.74, 6) is -1.02. The maximum absolute atomic E-state index is 12.9. The number of aromatic nitrogens is 2. The Kier molecular flexibility index (Phi) is 7.15. The number of imide groups is 1. The number of nitrogens with two attached hydrogens (primary N) is 2. The Balaban J connectivity index is 1.37. The lowest BCUT2D eigenvalue weighted by Crippen LogP contribution is -2.31. The molecule has 1 atom stereocenters. The van der Waals surface area contributed by atoms with Crippen LogP contribution in [0.25, 0.3) is 0 Å². The smallest absolute Gasteiger partial charge is 0.338 e. The number of benzene rings is 2. The number of nitrogens with zero attached hydrogens (tertiary/aromatic N) is 3. The van der Waals surface area contributed by atoms with Crippen molar-refractivity contribution in [3.05, 3.63) is 65.7 Å². The maximum atomic E-state index is 12.9. The molecule has 4 N–H and O–H groups in total. The first kappa shape index (κ1) is 24.7. The molecule has 0 radical (unpaired) electrons. The molecule has 1 saturated heterocycles. The van der Waals surface area contributed by atoms with Gasteiger partial charge in [0.2, 0.25) is 11.8 Å². The highest BCUT2D eigenvalue weighted by atomic mass is 32.2. The average molecular weight is 508 g/mol. The van der Waals surface area contributed by atoms with E-state index in [1.54, 1.807) is 24.3 Å². The number of thioether (sulfide) groups is 1. The van der Waals surface area contributed by atoms with Crippen molar-refractivity contribution in [2.24, 2.45) is 0 Å². The fourth-order valence-corrected chi connectivity index (χ4v) is 4.43. The molecular weight excluding hydrogens is 486 g/mol. The predicted molar refractivity (Wildman–Crippen MR) is 132 cm³/mol. The molecule has 1 unspecified atom stereocenters. The van der Waals surface area contributed by atoms with Crippen LogP contribution in [0.5, 0.6) is 5.75 Å². The summed E-state index contributed by atoms with van der Waals surface area (Å²) in [4.78, 5) is 59.2. The van der Waals surface area contributed by atoms with Crippen LogP contribution < -0.4 is 21.1 Å². The Bertz CT molecular complexity index is 1310. The second-order valence-electron chi connectivity index (χ2n) is 7.65. The normalized spacial score (nSPS) is 15.1. The van der Waals surface area contributed by atoms with E-state index in [9.17, 15) is 19.2 Å². The molecular formula is C24H21N5O6S. The van der Waals surface area contributed by atoms with Crippen LogP contribution >= 0.6 is 11.8 Å². The molecule has 184 valence electrons. The molecule has 3 aromatic rings. The van der Waals surface area contributed by atoms with Crippen molar-refractivity contribution < 1.29 is 28.7 Å². The quantitative estimate of drug-likeness (QED) is 0.198. The van der Waals surface area contributed by atoms with Gasteiger partial charge in [-0.1, -0.05) is 11.8 Å². The van der Waals surface area contributed by atoms with Crippen LogP contribution in [0.3, 0.4) is 0 Å². The molecule has 1 aromatic heterocycles. The zero-order valence-electron chi connectivity index (χ0n) is 19.0. The van der Waals surface area contributed by atoms with E-state index in [0.717, 1.165) is 16.7 Å². The van der Waals surface area contributed by atoms with Gasteiger partial charge in [-0.25, -0.2) is 19.7 Å².